The number of carbonyl (C=O) groups is 1. The average molecular weight is 216 g/mol. The van der Waals surface area contributed by atoms with Crippen molar-refractivity contribution >= 4 is 6.09 Å². The SMILES string of the molecule is CC(C)(C)OC(=O)NC1CNC[C@H](O)C1. The van der Waals surface area contributed by atoms with E-state index in [1.165, 1.54) is 0 Å². The number of nitrogens with one attached hydrogen (secondary N) is 2. The van der Waals surface area contributed by atoms with Crippen LogP contribution in [-0.2, 0) is 4.74 Å². The summed E-state index contributed by atoms with van der Waals surface area (Å²) < 4.78 is 5.12. The summed E-state index contributed by atoms with van der Waals surface area (Å²) in [5, 5.41) is 15.1. The highest BCUT2D eigenvalue weighted by Gasteiger charge is 2.23. The highest BCUT2D eigenvalue weighted by Crippen LogP contribution is 2.08. The number of rotatable bonds is 1. The predicted molar refractivity (Wildman–Crippen MR) is 56.7 cm³/mol. The number of β-amino-alcohol motifs (C(OH)–C–C–N with tert-alkyl or cyclic N) is 1. The van der Waals surface area contributed by atoms with Gasteiger partial charge in [0, 0.05) is 19.1 Å². The van der Waals surface area contributed by atoms with Crippen molar-refractivity contribution in [2.24, 2.45) is 0 Å². The number of alkyl carbamates (subject to hydrolysis) is 1. The summed E-state index contributed by atoms with van der Waals surface area (Å²) in [6.45, 7) is 6.73. The number of amides is 1. The van der Waals surface area contributed by atoms with E-state index in [0.29, 0.717) is 19.5 Å². The van der Waals surface area contributed by atoms with Gasteiger partial charge in [0.15, 0.2) is 0 Å². The summed E-state index contributed by atoms with van der Waals surface area (Å²) in [7, 11) is 0. The molecule has 5 heteroatoms. The van der Waals surface area contributed by atoms with E-state index in [0.717, 1.165) is 0 Å². The van der Waals surface area contributed by atoms with E-state index in [1.807, 2.05) is 20.8 Å². The first-order valence-electron chi connectivity index (χ1n) is 5.25. The van der Waals surface area contributed by atoms with Crippen molar-refractivity contribution in [3.63, 3.8) is 0 Å². The molecule has 0 bridgehead atoms. The molecule has 0 saturated carbocycles. The third-order valence-corrected chi connectivity index (χ3v) is 2.05. The van der Waals surface area contributed by atoms with Crippen LogP contribution in [0, 0.1) is 0 Å². The Morgan fingerprint density at radius 3 is 2.67 bits per heavy atom. The number of hydrogen-bond acceptors (Lipinski definition) is 4. The maximum absolute atomic E-state index is 11.4. The highest BCUT2D eigenvalue weighted by molar-refractivity contribution is 5.68. The van der Waals surface area contributed by atoms with Crippen molar-refractivity contribution in [3.05, 3.63) is 0 Å². The Kier molecular flexibility index (Phi) is 3.93. The molecule has 1 aliphatic rings. The van der Waals surface area contributed by atoms with Crippen LogP contribution in [0.3, 0.4) is 0 Å². The van der Waals surface area contributed by atoms with Gasteiger partial charge in [-0.2, -0.15) is 0 Å². The molecule has 1 heterocycles. The first-order chi connectivity index (χ1) is 6.87. The van der Waals surface area contributed by atoms with E-state index < -0.39 is 17.8 Å². The van der Waals surface area contributed by atoms with Crippen LogP contribution in [0.25, 0.3) is 0 Å². The molecule has 1 fully saturated rings. The van der Waals surface area contributed by atoms with Crippen LogP contribution in [0.2, 0.25) is 0 Å². The number of aliphatic hydroxyl groups excluding tert-OH is 1. The molecule has 3 N–H and O–H groups in total. The molecule has 2 atom stereocenters. The van der Waals surface area contributed by atoms with Gasteiger partial charge in [0.1, 0.15) is 5.60 Å². The van der Waals surface area contributed by atoms with Gasteiger partial charge in [-0.05, 0) is 27.2 Å². The smallest absolute Gasteiger partial charge is 0.407 e. The summed E-state index contributed by atoms with van der Waals surface area (Å²) in [5.41, 5.74) is -0.481. The van der Waals surface area contributed by atoms with Crippen LogP contribution >= 0.6 is 0 Å². The molecule has 0 aromatic heterocycles. The quantitative estimate of drug-likeness (QED) is 0.587. The minimum Gasteiger partial charge on any atom is -0.444 e. The standard InChI is InChI=1S/C10H20N2O3/c1-10(2,3)15-9(14)12-7-4-8(13)6-11-5-7/h7-8,11,13H,4-6H2,1-3H3,(H,12,14)/t7?,8-/m1/s1. The van der Waals surface area contributed by atoms with Crippen molar-refractivity contribution in [1.82, 2.24) is 10.6 Å². The summed E-state index contributed by atoms with van der Waals surface area (Å²) >= 11 is 0. The number of ether oxygens (including phenoxy) is 1. The lowest BCUT2D eigenvalue weighted by Gasteiger charge is -2.28. The molecule has 1 unspecified atom stereocenters. The molecule has 88 valence electrons. The van der Waals surface area contributed by atoms with Gasteiger partial charge in [-0.25, -0.2) is 4.79 Å². The minimum atomic E-state index is -0.481. The van der Waals surface area contributed by atoms with E-state index >= 15 is 0 Å². The second-order valence-corrected chi connectivity index (χ2v) is 4.89. The van der Waals surface area contributed by atoms with Crippen molar-refractivity contribution in [1.29, 1.82) is 0 Å². The fourth-order valence-electron chi connectivity index (χ4n) is 1.50. The van der Waals surface area contributed by atoms with Gasteiger partial charge in [-0.1, -0.05) is 0 Å². The lowest BCUT2D eigenvalue weighted by Crippen LogP contribution is -2.51. The van der Waals surface area contributed by atoms with Gasteiger partial charge in [0.05, 0.1) is 6.10 Å². The fraction of sp³-hybridized carbons (Fsp3) is 0.900. The first-order valence-corrected chi connectivity index (χ1v) is 5.25. The molecule has 1 aliphatic heterocycles. The molecule has 0 aromatic carbocycles. The van der Waals surface area contributed by atoms with E-state index in [-0.39, 0.29) is 6.04 Å². The molecule has 0 aliphatic carbocycles. The largest absolute Gasteiger partial charge is 0.444 e. The van der Waals surface area contributed by atoms with Crippen LogP contribution in [0.1, 0.15) is 27.2 Å². The summed E-state index contributed by atoms with van der Waals surface area (Å²) in [6.07, 6.45) is -0.242. The zero-order chi connectivity index (χ0) is 11.5. The van der Waals surface area contributed by atoms with Gasteiger partial charge in [-0.15, -0.1) is 0 Å². The third kappa shape index (κ3) is 4.99. The molecule has 15 heavy (non-hydrogen) atoms. The first kappa shape index (κ1) is 12.3. The molecular formula is C10H20N2O3. The van der Waals surface area contributed by atoms with Crippen LogP contribution in [-0.4, -0.2) is 42.0 Å². The Balaban J connectivity index is 2.31. The second-order valence-electron chi connectivity index (χ2n) is 4.89. The number of piperidine rings is 1. The lowest BCUT2D eigenvalue weighted by molar-refractivity contribution is 0.0463. The molecule has 5 nitrogen and oxygen atoms in total. The molecule has 0 aromatic rings. The van der Waals surface area contributed by atoms with Gasteiger partial charge < -0.3 is 20.5 Å². The van der Waals surface area contributed by atoms with Gasteiger partial charge >= 0.3 is 6.09 Å². The average Bonchev–Trinajstić information content (AvgIpc) is 1.99. The minimum absolute atomic E-state index is 0.0522. The third-order valence-electron chi connectivity index (χ3n) is 2.05. The van der Waals surface area contributed by atoms with E-state index in [4.69, 9.17) is 4.74 Å². The highest BCUT2D eigenvalue weighted by atomic mass is 16.6. The van der Waals surface area contributed by atoms with Crippen LogP contribution in [0.15, 0.2) is 0 Å². The molecule has 1 amide bonds. The van der Waals surface area contributed by atoms with E-state index in [9.17, 15) is 9.90 Å². The van der Waals surface area contributed by atoms with E-state index in [2.05, 4.69) is 10.6 Å². The van der Waals surface area contributed by atoms with Crippen LogP contribution < -0.4 is 10.6 Å². The van der Waals surface area contributed by atoms with Crippen LogP contribution in [0.5, 0.6) is 0 Å². The zero-order valence-corrected chi connectivity index (χ0v) is 9.54. The van der Waals surface area contributed by atoms with Gasteiger partial charge in [0.25, 0.3) is 0 Å². The van der Waals surface area contributed by atoms with Crippen molar-refractivity contribution < 1.29 is 14.6 Å². The molecule has 1 rings (SSSR count). The number of hydrogen-bond donors (Lipinski definition) is 3. The molecular weight excluding hydrogens is 196 g/mol. The second kappa shape index (κ2) is 4.81. The maximum atomic E-state index is 11.4. The summed E-state index contributed by atoms with van der Waals surface area (Å²) in [4.78, 5) is 11.4. The topological polar surface area (TPSA) is 70.6 Å². The summed E-state index contributed by atoms with van der Waals surface area (Å²) in [5.74, 6) is 0. The molecule has 0 radical (unpaired) electrons. The molecule has 0 spiro atoms. The predicted octanol–water partition coefficient (Wildman–Crippen LogP) is 0.234. The number of carbonyl (C=O) groups excluding carboxylic acids is 1. The van der Waals surface area contributed by atoms with E-state index in [1.54, 1.807) is 0 Å². The Labute approximate surface area is 90.2 Å². The van der Waals surface area contributed by atoms with Crippen molar-refractivity contribution in [2.75, 3.05) is 13.1 Å². The Hall–Kier alpha value is -0.810. The van der Waals surface area contributed by atoms with Crippen LogP contribution in [0.4, 0.5) is 4.79 Å². The number of aliphatic hydroxyl groups is 1. The zero-order valence-electron chi connectivity index (χ0n) is 9.54. The Bertz CT molecular complexity index is 225. The lowest BCUT2D eigenvalue weighted by atomic mass is 10.1. The molecule has 1 saturated heterocycles. The van der Waals surface area contributed by atoms with Gasteiger partial charge in [0.2, 0.25) is 0 Å². The summed E-state index contributed by atoms with van der Waals surface area (Å²) in [6, 6.07) is -0.0522. The Morgan fingerprint density at radius 1 is 1.47 bits per heavy atom. The Morgan fingerprint density at radius 2 is 2.13 bits per heavy atom. The van der Waals surface area contributed by atoms with Crippen molar-refractivity contribution in [2.45, 2.75) is 44.9 Å². The fourth-order valence-corrected chi connectivity index (χ4v) is 1.50. The van der Waals surface area contributed by atoms with Crippen molar-refractivity contribution in [3.8, 4) is 0 Å². The maximum Gasteiger partial charge on any atom is 0.407 e. The monoisotopic (exact) mass is 216 g/mol. The normalized spacial score (nSPS) is 27.2. The van der Waals surface area contributed by atoms with Gasteiger partial charge in [-0.3, -0.25) is 0 Å².